The number of aliphatic carboxylic acids is 2. The average molecular weight is 1810 g/mol. The summed E-state index contributed by atoms with van der Waals surface area (Å²) in [4.78, 5) is 223. The Labute approximate surface area is 755 Å². The average Bonchev–Trinajstić information content (AvgIpc) is 1.70. The number of nitrogens with one attached hydrogen (secondary N) is 16. The van der Waals surface area contributed by atoms with E-state index >= 15 is 24.0 Å². The van der Waals surface area contributed by atoms with Crippen molar-refractivity contribution < 1.29 is 92.3 Å². The van der Waals surface area contributed by atoms with Gasteiger partial charge in [-0.1, -0.05) is 134 Å². The fourth-order valence-electron chi connectivity index (χ4n) is 15.3. The van der Waals surface area contributed by atoms with Crippen molar-refractivity contribution in [3.05, 3.63) is 138 Å². The fraction of sp³-hybridized carbons (Fsp3) is 0.516. The Bertz CT molecular complexity index is 4880. The van der Waals surface area contributed by atoms with Crippen LogP contribution in [-0.4, -0.2) is 240 Å². The van der Waals surface area contributed by atoms with Crippen molar-refractivity contribution in [2.45, 2.75) is 256 Å². The minimum absolute atomic E-state index is 0.00562. The summed E-state index contributed by atoms with van der Waals surface area (Å²) in [5.74, 6) is -16.7. The molecule has 15 atom stereocenters. The first-order chi connectivity index (χ1) is 61.6. The number of H-pyrrole nitrogens is 2. The molecule has 39 nitrogen and oxygen atoms in total. The molecule has 708 valence electrons. The summed E-state index contributed by atoms with van der Waals surface area (Å²) in [6, 6.07) is 8.03. The molecule has 3 heterocycles. The molecule has 1 aliphatic rings. The number of aliphatic hydroxyl groups is 1. The third kappa shape index (κ3) is 32.3. The molecule has 0 saturated carbocycles. The highest BCUT2D eigenvalue weighted by Gasteiger charge is 2.43. The number of phenols is 1. The number of aromatic nitrogens is 2. The van der Waals surface area contributed by atoms with Gasteiger partial charge < -0.3 is 122 Å². The molecule has 0 aliphatic carbocycles. The van der Waals surface area contributed by atoms with Gasteiger partial charge in [0.2, 0.25) is 76.8 Å². The molecule has 0 spiro atoms. The van der Waals surface area contributed by atoms with E-state index in [0.717, 1.165) is 4.90 Å². The van der Waals surface area contributed by atoms with Gasteiger partial charge in [-0.15, -0.1) is 0 Å². The summed E-state index contributed by atoms with van der Waals surface area (Å²) in [6.07, 6.45) is 0.368. The van der Waals surface area contributed by atoms with Crippen LogP contribution in [0.25, 0.3) is 21.8 Å². The number of aromatic hydroxyl groups is 1. The zero-order valence-corrected chi connectivity index (χ0v) is 75.3. The van der Waals surface area contributed by atoms with E-state index in [1.54, 1.807) is 147 Å². The van der Waals surface area contributed by atoms with Crippen LogP contribution in [-0.2, 0) is 97.6 Å². The number of hydrogen-bond donors (Lipinski definition) is 23. The van der Waals surface area contributed by atoms with Crippen LogP contribution in [0.1, 0.15) is 162 Å². The number of rotatable bonds is 52. The lowest BCUT2D eigenvalue weighted by Gasteiger charge is -2.31. The van der Waals surface area contributed by atoms with Gasteiger partial charge in [-0.2, -0.15) is 0 Å². The third-order valence-electron chi connectivity index (χ3n) is 22.1. The monoisotopic (exact) mass is 1810 g/mol. The lowest BCUT2D eigenvalue weighted by atomic mass is 9.98. The van der Waals surface area contributed by atoms with Crippen molar-refractivity contribution in [3.8, 4) is 5.75 Å². The number of unbranched alkanes of at least 4 members (excludes halogenated alkanes) is 1. The first kappa shape index (κ1) is 104. The number of phenolic OH excluding ortho intramolecular Hbond substituents is 1. The van der Waals surface area contributed by atoms with E-state index in [4.69, 9.17) is 22.6 Å². The van der Waals surface area contributed by atoms with Crippen LogP contribution in [0, 0.1) is 29.1 Å². The maximum absolute atomic E-state index is 15.1. The van der Waals surface area contributed by atoms with Crippen molar-refractivity contribution in [2.24, 2.45) is 40.9 Å². The number of fused-ring (bicyclic) bond motifs is 2. The van der Waals surface area contributed by atoms with Gasteiger partial charge in [0.25, 0.3) is 0 Å². The maximum atomic E-state index is 15.1. The molecular weight excluding hydrogens is 1680 g/mol. The molecule has 1 saturated heterocycles. The number of carbonyl (C=O) groups is 15. The fourth-order valence-corrected chi connectivity index (χ4v) is 15.3. The van der Waals surface area contributed by atoms with Gasteiger partial charge in [-0.05, 0) is 155 Å². The van der Waals surface area contributed by atoms with Crippen LogP contribution in [0.2, 0.25) is 0 Å². The lowest BCUT2D eigenvalue weighted by molar-refractivity contribution is -0.146. The number of carboxylic acid groups (broad SMARTS) is 2. The molecule has 7 rings (SSSR count). The maximum Gasteiger partial charge on any atom is 0.326 e. The topological polar surface area (TPSA) is 630 Å². The second kappa shape index (κ2) is 50.6. The minimum atomic E-state index is -1.92. The van der Waals surface area contributed by atoms with Crippen LogP contribution in [0.5, 0.6) is 5.75 Å². The van der Waals surface area contributed by atoms with E-state index in [9.17, 15) is 68.4 Å². The van der Waals surface area contributed by atoms with Crippen molar-refractivity contribution >= 4 is 116 Å². The summed E-state index contributed by atoms with van der Waals surface area (Å²) in [5.41, 5.74) is 20.9. The van der Waals surface area contributed by atoms with E-state index in [-0.39, 0.29) is 133 Å². The van der Waals surface area contributed by atoms with Crippen molar-refractivity contribution in [2.75, 3.05) is 19.6 Å². The summed E-state index contributed by atoms with van der Waals surface area (Å²) >= 11 is 0. The van der Waals surface area contributed by atoms with Gasteiger partial charge in [0.1, 0.15) is 84.3 Å². The molecule has 0 radical (unpaired) electrons. The number of carboxylic acids is 2. The van der Waals surface area contributed by atoms with Crippen molar-refractivity contribution in [1.82, 2.24) is 84.0 Å². The Morgan fingerprint density at radius 1 is 0.454 bits per heavy atom. The number of likely N-dealkylation sites (tertiary alicyclic amines) is 1. The Balaban J connectivity index is 1.09. The molecule has 0 bridgehead atoms. The largest absolute Gasteiger partial charge is 0.508 e. The molecule has 130 heavy (non-hydrogen) atoms. The normalized spacial score (nSPS) is 15.9. The molecule has 4 aromatic carbocycles. The molecule has 1 aliphatic heterocycles. The van der Waals surface area contributed by atoms with Gasteiger partial charge in [0.15, 0.2) is 5.96 Å². The predicted octanol–water partition coefficient (Wildman–Crippen LogP) is 0.908. The zero-order chi connectivity index (χ0) is 95.8. The smallest absolute Gasteiger partial charge is 0.326 e. The summed E-state index contributed by atoms with van der Waals surface area (Å²) in [6.45, 7) is 16.5. The van der Waals surface area contributed by atoms with Crippen LogP contribution in [0.3, 0.4) is 0 Å². The quantitative estimate of drug-likeness (QED) is 0.0143. The summed E-state index contributed by atoms with van der Waals surface area (Å²) < 4.78 is 0. The van der Waals surface area contributed by atoms with Gasteiger partial charge in [0.05, 0.1) is 18.6 Å². The molecule has 1 fully saturated rings. The number of nitrogens with zero attached hydrogens (tertiary/aromatic N) is 1. The SMILES string of the molecule is CC(C)C[C@H](NC(=O)[C@H](Cc1c[nH]c2ccccc12)NC(=O)[C@H](CC(C)C)NC(=O)[C@H](CCCCN)NC(=O)[C@@H](NC(=O)[C@H](CC(C)C)NC(=O)[C@@H]1CCCN1C(=O)[C@H](CC(=O)O)NC(=O)[C@H](Cc1ccc(O)cc1)NC(=O)[C@H](Cc1c[nH]c2ccccc12)NC(=O)[C@H](Cc1ccccc1)NC(=O)[C@H](C)N)[C@@H](C)O)C(=O)N[C@@H](CCCNC(=N)N)C(=O)N[C@H](C(=O)O)C(C)C. The number of aliphatic hydroxyl groups excluding tert-OH is 1. The zero-order valence-electron chi connectivity index (χ0n) is 75.3. The predicted molar refractivity (Wildman–Crippen MR) is 484 cm³/mol. The molecule has 39 heteroatoms. The first-order valence-electron chi connectivity index (χ1n) is 44.1. The Morgan fingerprint density at radius 3 is 1.30 bits per heavy atom. The standard InChI is InChI=1S/C91H130N20O19/c1-48(2)38-65(80(119)99-64(29-20-36-96-91(94)95)79(118)109-75(51(7)8)90(129)130)103-84(123)70(43-56-46-97-61-26-16-14-24-59(56)61)105-81(120)66(39-49(3)4)102-78(117)63(28-18-19-35-92)100-88(127)76(53(10)112)110-86(125)67(40-50(5)6)107-87(126)73-30-21-37-111(73)89(128)72(45-74(114)115)108-83(122)69(42-55-31-33-58(113)34-32-55)104-85(124)71(44-57-47-98-62-27-17-15-25-60(57)62)106-82(121)68(101-77(116)52(9)93)41-54-22-12-11-13-23-54/h11-17,22-27,31-34,46-53,63-73,75-76,97-98,112-113H,18-21,28-30,35-45,92-93H2,1-10H3,(H,99,119)(H,100,127)(H,101,116)(H,102,117)(H,103,123)(H,104,124)(H,105,120)(H,106,121)(H,107,126)(H,108,122)(H,109,118)(H,110,125)(H,114,115)(H,129,130)(H4,94,95,96)/t52-,53+,63-,64-,65-,66-,67-,68-,69-,70-,71-,72-,73-,75-,76-/m0/s1. The van der Waals surface area contributed by atoms with E-state index in [2.05, 4.69) is 79.1 Å². The van der Waals surface area contributed by atoms with E-state index in [1.165, 1.54) is 38.1 Å². The van der Waals surface area contributed by atoms with Gasteiger partial charge in [0, 0.05) is 73.0 Å². The van der Waals surface area contributed by atoms with Crippen LogP contribution in [0.15, 0.2) is 116 Å². The van der Waals surface area contributed by atoms with Gasteiger partial charge >= 0.3 is 11.9 Å². The van der Waals surface area contributed by atoms with Crippen LogP contribution in [0.4, 0.5) is 0 Å². The first-order valence-corrected chi connectivity index (χ1v) is 44.1. The minimum Gasteiger partial charge on any atom is -0.508 e. The number of hydrogen-bond acceptors (Lipinski definition) is 20. The van der Waals surface area contributed by atoms with Gasteiger partial charge in [-0.3, -0.25) is 72.5 Å². The van der Waals surface area contributed by atoms with Crippen LogP contribution < -0.4 is 86.3 Å². The third-order valence-corrected chi connectivity index (χ3v) is 22.1. The van der Waals surface area contributed by atoms with E-state index in [0.29, 0.717) is 50.5 Å². The Hall–Kier alpha value is -13.0. The molecular formula is C91H130N20O19. The highest BCUT2D eigenvalue weighted by atomic mass is 16.4. The second-order valence-corrected chi connectivity index (χ2v) is 34.8. The number of para-hydroxylation sites is 2. The molecule has 26 N–H and O–H groups in total. The molecule has 13 amide bonds. The highest BCUT2D eigenvalue weighted by molar-refractivity contribution is 6.02. The highest BCUT2D eigenvalue weighted by Crippen LogP contribution is 2.25. The van der Waals surface area contributed by atoms with Crippen LogP contribution >= 0.6 is 0 Å². The number of guanidine groups is 1. The Kier molecular flexibility index (Phi) is 40.5. The second-order valence-electron chi connectivity index (χ2n) is 34.8. The van der Waals surface area contributed by atoms with Crippen molar-refractivity contribution in [1.29, 1.82) is 5.41 Å². The van der Waals surface area contributed by atoms with Gasteiger partial charge in [-0.25, -0.2) is 4.79 Å². The van der Waals surface area contributed by atoms with E-state index in [1.807, 2.05) is 0 Å². The van der Waals surface area contributed by atoms with Crippen molar-refractivity contribution in [3.63, 3.8) is 0 Å². The number of aromatic amines is 2. The Morgan fingerprint density at radius 2 is 0.846 bits per heavy atom. The number of nitrogens with two attached hydrogens (primary N) is 3. The summed E-state index contributed by atoms with van der Waals surface area (Å²) in [5, 5.41) is 85.6. The molecule has 6 aromatic rings. The van der Waals surface area contributed by atoms with E-state index < -0.39 is 192 Å². The number of amides is 13. The summed E-state index contributed by atoms with van der Waals surface area (Å²) in [7, 11) is 0. The molecule has 0 unspecified atom stereocenters. The molecule has 2 aromatic heterocycles. The number of carbonyl (C=O) groups excluding carboxylic acids is 13. The lowest BCUT2D eigenvalue weighted by Crippen LogP contribution is -2.62. The number of benzene rings is 4.